The second-order valence-corrected chi connectivity index (χ2v) is 7.78. The first-order valence-corrected chi connectivity index (χ1v) is 9.22. The summed E-state index contributed by atoms with van der Waals surface area (Å²) in [6.07, 6.45) is 0.702. The van der Waals surface area contributed by atoms with Crippen molar-refractivity contribution in [3.63, 3.8) is 0 Å². The monoisotopic (exact) mass is 378 g/mol. The van der Waals surface area contributed by atoms with Gasteiger partial charge in [-0.3, -0.25) is 0 Å². The average molecular weight is 379 g/mol. The lowest BCUT2D eigenvalue weighted by molar-refractivity contribution is 0.338. The van der Waals surface area contributed by atoms with Crippen LogP contribution in [0.2, 0.25) is 0 Å². The molecule has 0 bridgehead atoms. The van der Waals surface area contributed by atoms with Crippen molar-refractivity contribution in [1.29, 1.82) is 0 Å². The van der Waals surface area contributed by atoms with Crippen LogP contribution in [-0.4, -0.2) is 27.6 Å². The molecule has 21 heavy (non-hydrogen) atoms. The molecule has 3 N–H and O–H groups in total. The van der Waals surface area contributed by atoms with Crippen LogP contribution < -0.4 is 15.2 Å². The van der Waals surface area contributed by atoms with Crippen molar-refractivity contribution < 1.29 is 13.2 Å². The molecule has 0 heterocycles. The molecule has 0 fully saturated rings. The molecule has 1 aromatic carbocycles. The van der Waals surface area contributed by atoms with Gasteiger partial charge in [-0.2, -0.15) is 0 Å². The molecule has 0 radical (unpaired) electrons. The summed E-state index contributed by atoms with van der Waals surface area (Å²) in [5, 5.41) is 0. The molecule has 0 spiro atoms. The maximum atomic E-state index is 12.4. The minimum Gasteiger partial charge on any atom is -0.493 e. The fourth-order valence-corrected chi connectivity index (χ4v) is 3.90. The summed E-state index contributed by atoms with van der Waals surface area (Å²) < 4.78 is 33.4. The van der Waals surface area contributed by atoms with Crippen LogP contribution in [-0.2, 0) is 10.0 Å². The second kappa shape index (κ2) is 8.12. The third-order valence-corrected chi connectivity index (χ3v) is 5.01. The topological polar surface area (TPSA) is 81.4 Å². The highest BCUT2D eigenvalue weighted by Gasteiger charge is 2.21. The quantitative estimate of drug-likeness (QED) is 0.727. The van der Waals surface area contributed by atoms with Crippen molar-refractivity contribution in [3.8, 4) is 5.75 Å². The van der Waals surface area contributed by atoms with Gasteiger partial charge in [0.1, 0.15) is 5.75 Å². The zero-order valence-electron chi connectivity index (χ0n) is 12.6. The van der Waals surface area contributed by atoms with E-state index in [4.69, 9.17) is 10.5 Å². The van der Waals surface area contributed by atoms with E-state index in [1.54, 1.807) is 6.07 Å². The molecule has 0 amide bonds. The second-order valence-electron chi connectivity index (χ2n) is 5.21. The SMILES string of the molecule is CCOc1ccc(S(=O)(=O)NC(CN)CC(C)C)cc1Br. The largest absolute Gasteiger partial charge is 0.493 e. The molecule has 1 atom stereocenters. The van der Waals surface area contributed by atoms with Crippen molar-refractivity contribution >= 4 is 26.0 Å². The van der Waals surface area contributed by atoms with Crippen molar-refractivity contribution in [3.05, 3.63) is 22.7 Å². The van der Waals surface area contributed by atoms with Crippen LogP contribution in [0.5, 0.6) is 5.75 Å². The zero-order valence-corrected chi connectivity index (χ0v) is 15.0. The lowest BCUT2D eigenvalue weighted by Crippen LogP contribution is -2.40. The molecule has 0 saturated heterocycles. The molecule has 120 valence electrons. The summed E-state index contributed by atoms with van der Waals surface area (Å²) in [5.41, 5.74) is 5.64. The van der Waals surface area contributed by atoms with Gasteiger partial charge in [0.25, 0.3) is 0 Å². The third kappa shape index (κ3) is 5.58. The highest BCUT2D eigenvalue weighted by atomic mass is 79.9. The Morgan fingerprint density at radius 1 is 1.38 bits per heavy atom. The number of sulfonamides is 1. The molecule has 1 rings (SSSR count). The Kier molecular flexibility index (Phi) is 7.12. The van der Waals surface area contributed by atoms with Crippen molar-refractivity contribution in [2.45, 2.75) is 38.1 Å². The Morgan fingerprint density at radius 3 is 2.52 bits per heavy atom. The molecule has 0 aromatic heterocycles. The van der Waals surface area contributed by atoms with Crippen LogP contribution in [0.4, 0.5) is 0 Å². The van der Waals surface area contributed by atoms with E-state index >= 15 is 0 Å². The Labute approximate surface area is 135 Å². The van der Waals surface area contributed by atoms with Crippen LogP contribution in [0.3, 0.4) is 0 Å². The summed E-state index contributed by atoms with van der Waals surface area (Å²) in [6.45, 7) is 6.73. The Bertz CT molecular complexity index is 561. The van der Waals surface area contributed by atoms with E-state index in [-0.39, 0.29) is 17.5 Å². The van der Waals surface area contributed by atoms with Crippen LogP contribution in [0.1, 0.15) is 27.2 Å². The van der Waals surface area contributed by atoms with Gasteiger partial charge in [-0.15, -0.1) is 0 Å². The molecular weight excluding hydrogens is 356 g/mol. The van der Waals surface area contributed by atoms with E-state index in [0.717, 1.165) is 0 Å². The van der Waals surface area contributed by atoms with Gasteiger partial charge in [0, 0.05) is 12.6 Å². The van der Waals surface area contributed by atoms with Crippen LogP contribution in [0, 0.1) is 5.92 Å². The fraction of sp³-hybridized carbons (Fsp3) is 0.571. The molecule has 0 aliphatic rings. The van der Waals surface area contributed by atoms with Gasteiger partial charge in [0.2, 0.25) is 10.0 Å². The van der Waals surface area contributed by atoms with Crippen LogP contribution >= 0.6 is 15.9 Å². The van der Waals surface area contributed by atoms with E-state index in [0.29, 0.717) is 29.2 Å². The zero-order chi connectivity index (χ0) is 16.0. The number of rotatable bonds is 8. The van der Waals surface area contributed by atoms with Gasteiger partial charge in [-0.1, -0.05) is 13.8 Å². The lowest BCUT2D eigenvalue weighted by atomic mass is 10.1. The number of hydrogen-bond acceptors (Lipinski definition) is 4. The van der Waals surface area contributed by atoms with Crippen LogP contribution in [0.25, 0.3) is 0 Å². The van der Waals surface area contributed by atoms with E-state index in [1.807, 2.05) is 20.8 Å². The van der Waals surface area contributed by atoms with Crippen molar-refractivity contribution in [1.82, 2.24) is 4.72 Å². The number of nitrogens with one attached hydrogen (secondary N) is 1. The first kappa shape index (κ1) is 18.4. The van der Waals surface area contributed by atoms with Crippen LogP contribution in [0.15, 0.2) is 27.6 Å². The van der Waals surface area contributed by atoms with E-state index in [2.05, 4.69) is 20.7 Å². The maximum absolute atomic E-state index is 12.4. The average Bonchev–Trinajstić information content (AvgIpc) is 2.39. The fourth-order valence-electron chi connectivity index (χ4n) is 1.97. The lowest BCUT2D eigenvalue weighted by Gasteiger charge is -2.19. The predicted molar refractivity (Wildman–Crippen MR) is 87.9 cm³/mol. The molecule has 7 heteroatoms. The number of hydrogen-bond donors (Lipinski definition) is 2. The molecule has 1 aromatic rings. The maximum Gasteiger partial charge on any atom is 0.240 e. The van der Waals surface area contributed by atoms with Gasteiger partial charge >= 0.3 is 0 Å². The molecule has 5 nitrogen and oxygen atoms in total. The summed E-state index contributed by atoms with van der Waals surface area (Å²) in [5.74, 6) is 0.988. The first-order chi connectivity index (χ1) is 9.80. The van der Waals surface area contributed by atoms with E-state index in [9.17, 15) is 8.42 Å². The van der Waals surface area contributed by atoms with Gasteiger partial charge in [0.15, 0.2) is 0 Å². The molecular formula is C14H23BrN2O3S. The normalized spacial score (nSPS) is 13.4. The Morgan fingerprint density at radius 2 is 2.05 bits per heavy atom. The standard InChI is InChI=1S/C14H23BrN2O3S/c1-4-20-14-6-5-12(8-13(14)15)21(18,19)17-11(9-16)7-10(2)3/h5-6,8,10-11,17H,4,7,9,16H2,1-3H3. The minimum absolute atomic E-state index is 0.194. The van der Waals surface area contributed by atoms with Gasteiger partial charge in [0.05, 0.1) is 16.0 Å². The Hall–Kier alpha value is -0.630. The summed E-state index contributed by atoms with van der Waals surface area (Å²) in [7, 11) is -3.59. The number of benzene rings is 1. The molecule has 0 aliphatic carbocycles. The molecule has 0 aliphatic heterocycles. The molecule has 0 saturated carbocycles. The minimum atomic E-state index is -3.59. The van der Waals surface area contributed by atoms with Gasteiger partial charge < -0.3 is 10.5 Å². The summed E-state index contributed by atoms with van der Waals surface area (Å²) in [4.78, 5) is 0.194. The number of nitrogens with two attached hydrogens (primary N) is 1. The first-order valence-electron chi connectivity index (χ1n) is 6.94. The summed E-state index contributed by atoms with van der Waals surface area (Å²) >= 11 is 3.32. The van der Waals surface area contributed by atoms with E-state index in [1.165, 1.54) is 12.1 Å². The summed E-state index contributed by atoms with van der Waals surface area (Å²) in [6, 6.07) is 4.44. The number of halogens is 1. The predicted octanol–water partition coefficient (Wildman–Crippen LogP) is 2.50. The van der Waals surface area contributed by atoms with Gasteiger partial charge in [-0.05, 0) is 53.4 Å². The highest BCUT2D eigenvalue weighted by Crippen LogP contribution is 2.28. The third-order valence-electron chi connectivity index (χ3n) is 2.88. The smallest absolute Gasteiger partial charge is 0.240 e. The number of ether oxygens (including phenoxy) is 1. The van der Waals surface area contributed by atoms with Crippen molar-refractivity contribution in [2.75, 3.05) is 13.2 Å². The van der Waals surface area contributed by atoms with E-state index < -0.39 is 10.0 Å². The Balaban J connectivity index is 2.94. The molecule has 1 unspecified atom stereocenters. The highest BCUT2D eigenvalue weighted by molar-refractivity contribution is 9.10. The van der Waals surface area contributed by atoms with Crippen molar-refractivity contribution in [2.24, 2.45) is 11.7 Å². The van der Waals surface area contributed by atoms with Gasteiger partial charge in [-0.25, -0.2) is 13.1 Å².